The van der Waals surface area contributed by atoms with Gasteiger partial charge >= 0.3 is 0 Å². The lowest BCUT2D eigenvalue weighted by Crippen LogP contribution is -2.28. The minimum absolute atomic E-state index is 0.431. The normalized spacial score (nSPS) is 7.91. The Morgan fingerprint density at radius 1 is 1.45 bits per heavy atom. The van der Waals surface area contributed by atoms with E-state index >= 15 is 0 Å². The van der Waals surface area contributed by atoms with Crippen LogP contribution in [0.15, 0.2) is 0 Å². The van der Waals surface area contributed by atoms with E-state index in [1.165, 1.54) is 0 Å². The van der Waals surface area contributed by atoms with E-state index in [0.29, 0.717) is 0 Å². The predicted octanol–water partition coefficient (Wildman–Crippen LogP) is 0.673. The molecule has 0 radical (unpaired) electrons. The van der Waals surface area contributed by atoms with Crippen molar-refractivity contribution in [2.45, 2.75) is 32.7 Å². The van der Waals surface area contributed by atoms with Crippen molar-refractivity contribution in [1.82, 2.24) is 0 Å². The van der Waals surface area contributed by atoms with Gasteiger partial charge < -0.3 is 11.5 Å². The quantitative estimate of drug-likeness (QED) is 0.396. The molecule has 0 aromatic carbocycles. The molecule has 2 heteroatoms. The standard InChI is InChI=1S/C5H9N.C4H7N/c1-4-5(2,3)6;1-2-3-4-5/h1H,6H2,2-3H3;2,5H2,1H3. The molecule has 62 valence electrons. The molecule has 2 nitrogen and oxygen atoms in total. The van der Waals surface area contributed by atoms with Gasteiger partial charge in [0, 0.05) is 12.5 Å². The summed E-state index contributed by atoms with van der Waals surface area (Å²) in [6.45, 7) is 5.53. The van der Waals surface area contributed by atoms with Gasteiger partial charge in [0.2, 0.25) is 0 Å². The molecule has 11 heavy (non-hydrogen) atoms. The molecule has 4 N–H and O–H groups in total. The number of hydrogen-bond acceptors (Lipinski definition) is 2. The lowest BCUT2D eigenvalue weighted by molar-refractivity contribution is 0.681. The van der Waals surface area contributed by atoms with Crippen LogP contribution >= 0.6 is 0 Å². The largest absolute Gasteiger partial charge is 0.359 e. The zero-order chi connectivity index (χ0) is 9.33. The van der Waals surface area contributed by atoms with Crippen LogP contribution in [0.2, 0.25) is 0 Å². The van der Waals surface area contributed by atoms with Crippen molar-refractivity contribution in [2.75, 3.05) is 0 Å². The molecular weight excluding hydrogens is 136 g/mol. The summed E-state index contributed by atoms with van der Waals surface area (Å²) in [5.74, 6) is 5.02. The van der Waals surface area contributed by atoms with Gasteiger partial charge in [0.15, 0.2) is 0 Å². The van der Waals surface area contributed by atoms with Gasteiger partial charge in [0.05, 0.1) is 5.54 Å². The summed E-state index contributed by atoms with van der Waals surface area (Å²) in [6.07, 6.45) is 5.79. The van der Waals surface area contributed by atoms with Gasteiger partial charge in [-0.1, -0.05) is 18.8 Å². The van der Waals surface area contributed by atoms with Crippen LogP contribution in [0, 0.1) is 24.3 Å². The maximum atomic E-state index is 5.30. The van der Waals surface area contributed by atoms with Crippen LogP contribution in [0.25, 0.3) is 0 Å². The van der Waals surface area contributed by atoms with Gasteiger partial charge in [-0.15, -0.1) is 6.42 Å². The Kier molecular flexibility index (Phi) is 7.98. The molecule has 0 saturated heterocycles. The zero-order valence-electron chi connectivity index (χ0n) is 7.44. The van der Waals surface area contributed by atoms with Gasteiger partial charge in [-0.05, 0) is 13.8 Å². The molecule has 0 aromatic heterocycles. The van der Waals surface area contributed by atoms with E-state index in [1.54, 1.807) is 13.8 Å². The van der Waals surface area contributed by atoms with Crippen molar-refractivity contribution in [1.29, 1.82) is 0 Å². The second-order valence-electron chi connectivity index (χ2n) is 2.54. The first-order chi connectivity index (χ1) is 4.97. The lowest BCUT2D eigenvalue weighted by atomic mass is 10.1. The minimum atomic E-state index is -0.431. The van der Waals surface area contributed by atoms with E-state index in [9.17, 15) is 0 Å². The van der Waals surface area contributed by atoms with Crippen molar-refractivity contribution in [2.24, 2.45) is 11.5 Å². The molecule has 0 rings (SSSR count). The fourth-order valence-corrected chi connectivity index (χ4v) is 0.102. The first kappa shape index (κ1) is 12.5. The molecule has 0 spiro atoms. The SMILES string of the molecule is C#CC(C)(C)N.CCC#CN. The molecule has 0 atom stereocenters. The molecule has 0 aromatic rings. The third kappa shape index (κ3) is 27.9. The molecule has 0 aliphatic heterocycles. The zero-order valence-corrected chi connectivity index (χ0v) is 7.44. The highest BCUT2D eigenvalue weighted by Crippen LogP contribution is 1.88. The summed E-state index contributed by atoms with van der Waals surface area (Å²) in [7, 11) is 0. The van der Waals surface area contributed by atoms with E-state index in [0.717, 1.165) is 6.42 Å². The van der Waals surface area contributed by atoms with E-state index in [-0.39, 0.29) is 0 Å². The monoisotopic (exact) mass is 152 g/mol. The summed E-state index contributed by atoms with van der Waals surface area (Å²) in [4.78, 5) is 0. The third-order valence-corrected chi connectivity index (χ3v) is 0.651. The smallest absolute Gasteiger partial charge is 0.0716 e. The van der Waals surface area contributed by atoms with Crippen LogP contribution in [0.4, 0.5) is 0 Å². The first-order valence-corrected chi connectivity index (χ1v) is 3.43. The van der Waals surface area contributed by atoms with Gasteiger partial charge in [0.1, 0.15) is 0 Å². The Morgan fingerprint density at radius 2 is 1.82 bits per heavy atom. The van der Waals surface area contributed by atoms with E-state index in [2.05, 4.69) is 17.9 Å². The Bertz CT molecular complexity index is 170. The number of terminal acetylenes is 1. The molecule has 0 aliphatic carbocycles. The second kappa shape index (κ2) is 6.99. The molecule has 0 amide bonds. The Balaban J connectivity index is 0. The molecular formula is C9H16N2. The van der Waals surface area contributed by atoms with Crippen LogP contribution in [0.5, 0.6) is 0 Å². The minimum Gasteiger partial charge on any atom is -0.359 e. The van der Waals surface area contributed by atoms with Crippen molar-refractivity contribution in [3.05, 3.63) is 0 Å². The highest BCUT2D eigenvalue weighted by atomic mass is 14.7. The Morgan fingerprint density at radius 3 is 1.82 bits per heavy atom. The topological polar surface area (TPSA) is 52.0 Å². The Hall–Kier alpha value is -1.12. The maximum Gasteiger partial charge on any atom is 0.0716 e. The molecule has 0 unspecified atom stereocenters. The van der Waals surface area contributed by atoms with Crippen LogP contribution in [0.3, 0.4) is 0 Å². The molecule has 0 bridgehead atoms. The average Bonchev–Trinajstić information content (AvgIpc) is 1.90. The van der Waals surface area contributed by atoms with E-state index < -0.39 is 5.54 Å². The summed E-state index contributed by atoms with van der Waals surface area (Å²) in [6, 6.07) is 2.27. The fourth-order valence-electron chi connectivity index (χ4n) is 0.102. The number of hydrogen-bond donors (Lipinski definition) is 2. The third-order valence-electron chi connectivity index (χ3n) is 0.651. The van der Waals surface area contributed by atoms with Crippen molar-refractivity contribution in [3.8, 4) is 24.3 Å². The summed E-state index contributed by atoms with van der Waals surface area (Å²) in [5, 5.41) is 0. The maximum absolute atomic E-state index is 5.30. The predicted molar refractivity (Wildman–Crippen MR) is 49.4 cm³/mol. The van der Waals surface area contributed by atoms with Gasteiger partial charge in [-0.3, -0.25) is 0 Å². The average molecular weight is 152 g/mol. The number of nitrogens with two attached hydrogens (primary N) is 2. The first-order valence-electron chi connectivity index (χ1n) is 3.43. The summed E-state index contributed by atoms with van der Waals surface area (Å²) < 4.78 is 0. The Labute approximate surface area is 69.3 Å². The number of rotatable bonds is 0. The molecule has 0 saturated carbocycles. The summed E-state index contributed by atoms with van der Waals surface area (Å²) >= 11 is 0. The second-order valence-corrected chi connectivity index (χ2v) is 2.54. The van der Waals surface area contributed by atoms with Crippen molar-refractivity contribution >= 4 is 0 Å². The van der Waals surface area contributed by atoms with Gasteiger partial charge in [-0.25, -0.2) is 0 Å². The summed E-state index contributed by atoms with van der Waals surface area (Å²) in [5.41, 5.74) is 9.65. The van der Waals surface area contributed by atoms with Crippen LogP contribution in [-0.4, -0.2) is 5.54 Å². The van der Waals surface area contributed by atoms with Gasteiger partial charge in [-0.2, -0.15) is 0 Å². The van der Waals surface area contributed by atoms with Crippen LogP contribution in [-0.2, 0) is 0 Å². The van der Waals surface area contributed by atoms with Crippen molar-refractivity contribution < 1.29 is 0 Å². The lowest BCUT2D eigenvalue weighted by Gasteiger charge is -2.05. The molecule has 0 heterocycles. The van der Waals surface area contributed by atoms with E-state index in [1.807, 2.05) is 6.92 Å². The molecule has 0 aliphatic rings. The van der Waals surface area contributed by atoms with Crippen LogP contribution in [0.1, 0.15) is 27.2 Å². The van der Waals surface area contributed by atoms with Gasteiger partial charge in [0.25, 0.3) is 0 Å². The highest BCUT2D eigenvalue weighted by molar-refractivity contribution is 5.04. The van der Waals surface area contributed by atoms with E-state index in [4.69, 9.17) is 17.9 Å². The van der Waals surface area contributed by atoms with Crippen molar-refractivity contribution in [3.63, 3.8) is 0 Å². The highest BCUT2D eigenvalue weighted by Gasteiger charge is 2.00. The fraction of sp³-hybridized carbons (Fsp3) is 0.556. The van der Waals surface area contributed by atoms with Crippen LogP contribution < -0.4 is 11.5 Å². The molecule has 0 fully saturated rings.